The fraction of sp³-hybridized carbons (Fsp3) is 0.371. The van der Waals surface area contributed by atoms with Crippen LogP contribution in [-0.2, 0) is 16.8 Å². The number of halogens is 3. The predicted octanol–water partition coefficient (Wildman–Crippen LogP) is 6.92. The standard InChI is InChI=1S/C35H35F3N4O3/c1-44-27-10-8-24(9-11-27)22-41-32-29(34(33(41)43)15-5-16-34)20-25(30-12-17-39-42(30)26-6-3-2-4-7-26)21-31(32)45-28-13-18-40(19-14-28)23-35(36,37)38/h2-4,6-12,17,20-21,28H,5,13-16,18-19,22-23H2,1H3. The molecule has 1 saturated carbocycles. The smallest absolute Gasteiger partial charge is 0.401 e. The molecule has 3 heterocycles. The van der Waals surface area contributed by atoms with E-state index in [9.17, 15) is 18.0 Å². The zero-order valence-electron chi connectivity index (χ0n) is 25.1. The largest absolute Gasteiger partial charge is 0.497 e. The molecule has 0 bridgehead atoms. The summed E-state index contributed by atoms with van der Waals surface area (Å²) < 4.78 is 53.1. The number of hydrogen-bond acceptors (Lipinski definition) is 5. The maximum Gasteiger partial charge on any atom is 0.401 e. The lowest BCUT2D eigenvalue weighted by Crippen LogP contribution is -2.45. The van der Waals surface area contributed by atoms with Gasteiger partial charge < -0.3 is 14.4 Å². The number of ether oxygens (including phenoxy) is 2. The zero-order chi connectivity index (χ0) is 31.2. The summed E-state index contributed by atoms with van der Waals surface area (Å²) in [5.74, 6) is 1.39. The first kappa shape index (κ1) is 29.4. The Morgan fingerprint density at radius 1 is 0.978 bits per heavy atom. The summed E-state index contributed by atoms with van der Waals surface area (Å²) in [4.78, 5) is 17.6. The summed E-state index contributed by atoms with van der Waals surface area (Å²) in [6.07, 6.45) is 0.661. The molecule has 1 aliphatic carbocycles. The van der Waals surface area contributed by atoms with Crippen LogP contribution < -0.4 is 14.4 Å². The van der Waals surface area contributed by atoms with E-state index in [2.05, 4.69) is 11.2 Å². The van der Waals surface area contributed by atoms with E-state index in [1.165, 1.54) is 4.90 Å². The van der Waals surface area contributed by atoms with E-state index in [4.69, 9.17) is 9.47 Å². The van der Waals surface area contributed by atoms with Gasteiger partial charge in [0.2, 0.25) is 5.91 Å². The molecule has 7 rings (SSSR count). The highest BCUT2D eigenvalue weighted by molar-refractivity contribution is 6.10. The molecule has 3 aromatic carbocycles. The van der Waals surface area contributed by atoms with Gasteiger partial charge in [-0.25, -0.2) is 4.68 Å². The number of carbonyl (C=O) groups excluding carboxylic acids is 1. The molecule has 0 atom stereocenters. The highest BCUT2D eigenvalue weighted by Crippen LogP contribution is 2.57. The van der Waals surface area contributed by atoms with E-state index in [-0.39, 0.29) is 12.0 Å². The first-order valence-corrected chi connectivity index (χ1v) is 15.4. The molecule has 3 aliphatic rings. The van der Waals surface area contributed by atoms with Crippen molar-refractivity contribution in [1.82, 2.24) is 14.7 Å². The fourth-order valence-corrected chi connectivity index (χ4v) is 6.96. The van der Waals surface area contributed by atoms with Gasteiger partial charge in [-0.15, -0.1) is 0 Å². The van der Waals surface area contributed by atoms with E-state index in [1.54, 1.807) is 13.3 Å². The van der Waals surface area contributed by atoms with Crippen LogP contribution in [0.4, 0.5) is 18.9 Å². The Labute approximate surface area is 260 Å². The number of hydrogen-bond donors (Lipinski definition) is 0. The van der Waals surface area contributed by atoms with Crippen molar-refractivity contribution in [1.29, 1.82) is 0 Å². The van der Waals surface area contributed by atoms with Gasteiger partial charge in [0, 0.05) is 18.7 Å². The molecule has 2 aliphatic heterocycles. The van der Waals surface area contributed by atoms with Gasteiger partial charge in [-0.05, 0) is 79.3 Å². The molecule has 1 amide bonds. The predicted molar refractivity (Wildman–Crippen MR) is 165 cm³/mol. The second kappa shape index (κ2) is 11.6. The SMILES string of the molecule is COc1ccc(CN2C(=O)C3(CCC3)c3cc(-c4ccnn4-c4ccccc4)cc(OC4CCN(CC(F)(F)F)CC4)c32)cc1. The Bertz CT molecular complexity index is 1670. The summed E-state index contributed by atoms with van der Waals surface area (Å²) in [6.45, 7) is 0.0521. The van der Waals surface area contributed by atoms with Crippen LogP contribution in [0.3, 0.4) is 0 Å². The quantitative estimate of drug-likeness (QED) is 0.215. The second-order valence-electron chi connectivity index (χ2n) is 12.2. The van der Waals surface area contributed by atoms with Crippen LogP contribution >= 0.6 is 0 Å². The molecule has 1 spiro atoms. The molecule has 4 aromatic rings. The number of anilines is 1. The molecule has 10 heteroatoms. The van der Waals surface area contributed by atoms with Gasteiger partial charge in [0.05, 0.1) is 48.9 Å². The molecule has 1 saturated heterocycles. The van der Waals surface area contributed by atoms with E-state index < -0.39 is 18.1 Å². The van der Waals surface area contributed by atoms with Gasteiger partial charge in [0.25, 0.3) is 0 Å². The third-order valence-corrected chi connectivity index (χ3v) is 9.39. The van der Waals surface area contributed by atoms with Gasteiger partial charge in [-0.3, -0.25) is 9.69 Å². The van der Waals surface area contributed by atoms with Crippen LogP contribution in [0, 0.1) is 0 Å². The minimum Gasteiger partial charge on any atom is -0.497 e. The molecule has 234 valence electrons. The first-order chi connectivity index (χ1) is 21.7. The van der Waals surface area contributed by atoms with Crippen LogP contribution in [0.25, 0.3) is 16.9 Å². The molecule has 45 heavy (non-hydrogen) atoms. The average molecular weight is 617 g/mol. The minimum atomic E-state index is -4.23. The van der Waals surface area contributed by atoms with Crippen molar-refractivity contribution >= 4 is 11.6 Å². The Kier molecular flexibility index (Phi) is 7.55. The Hall–Kier alpha value is -4.31. The summed E-state index contributed by atoms with van der Waals surface area (Å²) >= 11 is 0. The number of aromatic nitrogens is 2. The van der Waals surface area contributed by atoms with Crippen LogP contribution in [0.15, 0.2) is 79.0 Å². The highest BCUT2D eigenvalue weighted by Gasteiger charge is 2.55. The number of piperidine rings is 1. The van der Waals surface area contributed by atoms with Crippen molar-refractivity contribution in [2.75, 3.05) is 31.6 Å². The van der Waals surface area contributed by atoms with E-state index in [1.807, 2.05) is 76.3 Å². The molecule has 1 aromatic heterocycles. The first-order valence-electron chi connectivity index (χ1n) is 15.4. The summed E-state index contributed by atoms with van der Waals surface area (Å²) in [5, 5.41) is 4.60. The lowest BCUT2D eigenvalue weighted by molar-refractivity contribution is -0.149. The molecule has 0 N–H and O–H groups in total. The second-order valence-corrected chi connectivity index (χ2v) is 12.2. The van der Waals surface area contributed by atoms with Crippen LogP contribution in [0.1, 0.15) is 43.2 Å². The van der Waals surface area contributed by atoms with Gasteiger partial charge in [0.15, 0.2) is 0 Å². The lowest BCUT2D eigenvalue weighted by atomic mass is 9.65. The monoisotopic (exact) mass is 616 g/mol. The number of benzene rings is 3. The minimum absolute atomic E-state index is 0.0677. The Balaban J connectivity index is 1.29. The molecular weight excluding hydrogens is 581 g/mol. The van der Waals surface area contributed by atoms with E-state index in [0.717, 1.165) is 58.8 Å². The summed E-state index contributed by atoms with van der Waals surface area (Å²) in [6, 6.07) is 23.6. The third kappa shape index (κ3) is 5.56. The van der Waals surface area contributed by atoms with Crippen molar-refractivity contribution in [3.63, 3.8) is 0 Å². The number of rotatable bonds is 8. The summed E-state index contributed by atoms with van der Waals surface area (Å²) in [7, 11) is 1.62. The molecule has 7 nitrogen and oxygen atoms in total. The van der Waals surface area contributed by atoms with Gasteiger partial charge >= 0.3 is 6.18 Å². The zero-order valence-corrected chi connectivity index (χ0v) is 25.1. The topological polar surface area (TPSA) is 59.8 Å². The number of para-hydroxylation sites is 1. The van der Waals surface area contributed by atoms with Gasteiger partial charge in [-0.1, -0.05) is 36.8 Å². The maximum atomic E-state index is 14.3. The van der Waals surface area contributed by atoms with Gasteiger partial charge in [-0.2, -0.15) is 18.3 Å². The van der Waals surface area contributed by atoms with Crippen molar-refractivity contribution in [3.8, 4) is 28.4 Å². The average Bonchev–Trinajstić information content (AvgIpc) is 3.60. The van der Waals surface area contributed by atoms with Crippen molar-refractivity contribution in [2.24, 2.45) is 0 Å². The normalized spacial score (nSPS) is 18.2. The molecule has 2 fully saturated rings. The van der Waals surface area contributed by atoms with Crippen molar-refractivity contribution in [2.45, 2.75) is 56.3 Å². The Morgan fingerprint density at radius 3 is 2.36 bits per heavy atom. The molecule has 0 radical (unpaired) electrons. The number of amides is 1. The highest BCUT2D eigenvalue weighted by atomic mass is 19.4. The van der Waals surface area contributed by atoms with Crippen LogP contribution in [0.2, 0.25) is 0 Å². The number of likely N-dealkylation sites (tertiary alicyclic amines) is 1. The maximum absolute atomic E-state index is 14.3. The Morgan fingerprint density at radius 2 is 1.71 bits per heavy atom. The van der Waals surface area contributed by atoms with Crippen LogP contribution in [-0.4, -0.2) is 59.6 Å². The number of alkyl halides is 3. The van der Waals surface area contributed by atoms with E-state index >= 15 is 0 Å². The van der Waals surface area contributed by atoms with Crippen molar-refractivity contribution < 1.29 is 27.4 Å². The van der Waals surface area contributed by atoms with Gasteiger partial charge in [0.1, 0.15) is 17.6 Å². The van der Waals surface area contributed by atoms with Crippen LogP contribution in [0.5, 0.6) is 11.5 Å². The lowest BCUT2D eigenvalue weighted by Gasteiger charge is -2.37. The molecule has 0 unspecified atom stereocenters. The number of nitrogens with zero attached hydrogens (tertiary/aromatic N) is 4. The number of methoxy groups -OCH3 is 1. The number of fused-ring (bicyclic) bond motifs is 2. The summed E-state index contributed by atoms with van der Waals surface area (Å²) in [5.41, 5.74) is 4.72. The fourth-order valence-electron chi connectivity index (χ4n) is 6.96. The third-order valence-electron chi connectivity index (χ3n) is 9.39. The van der Waals surface area contributed by atoms with E-state index in [0.29, 0.717) is 38.2 Å². The van der Waals surface area contributed by atoms with Crippen molar-refractivity contribution in [3.05, 3.63) is 90.1 Å². The number of carbonyl (C=O) groups is 1. The molecular formula is C35H35F3N4O3.